The fraction of sp³-hybridized carbons (Fsp3) is 0.100. The van der Waals surface area contributed by atoms with Crippen LogP contribution in [0.2, 0.25) is 0 Å². The summed E-state index contributed by atoms with van der Waals surface area (Å²) in [5.74, 6) is -0.133. The number of fused-ring (bicyclic) bond motifs is 1. The van der Waals surface area contributed by atoms with Gasteiger partial charge in [0.15, 0.2) is 0 Å². The van der Waals surface area contributed by atoms with E-state index in [1.54, 1.807) is 12.1 Å². The Bertz CT molecular complexity index is 1140. The molecule has 2 heterocycles. The predicted octanol–water partition coefficient (Wildman–Crippen LogP) is 4.48. The highest BCUT2D eigenvalue weighted by molar-refractivity contribution is 7.17. The molecule has 2 aromatic carbocycles. The summed E-state index contributed by atoms with van der Waals surface area (Å²) in [6, 6.07) is 11.7. The largest absolute Gasteiger partial charge is 0.492 e. The molecule has 0 bridgehead atoms. The van der Waals surface area contributed by atoms with Gasteiger partial charge in [-0.1, -0.05) is 12.1 Å². The van der Waals surface area contributed by atoms with E-state index in [-0.39, 0.29) is 23.8 Å². The Balaban J connectivity index is 1.59. The van der Waals surface area contributed by atoms with Crippen LogP contribution in [0.1, 0.15) is 0 Å². The second-order valence-corrected chi connectivity index (χ2v) is 6.74. The second kappa shape index (κ2) is 7.28. The van der Waals surface area contributed by atoms with Crippen molar-refractivity contribution in [2.45, 2.75) is 6.54 Å². The molecule has 0 saturated heterocycles. The summed E-state index contributed by atoms with van der Waals surface area (Å²) in [5.41, 5.74) is 1.33. The minimum atomic E-state index is -0.334. The van der Waals surface area contributed by atoms with E-state index in [0.29, 0.717) is 22.5 Å². The average molecular weight is 384 g/mol. The monoisotopic (exact) mass is 384 g/mol. The van der Waals surface area contributed by atoms with Crippen LogP contribution in [0.4, 0.5) is 8.78 Å². The number of nitrogens with zero attached hydrogens (tertiary/aromatic N) is 2. The van der Waals surface area contributed by atoms with E-state index >= 15 is 0 Å². The van der Waals surface area contributed by atoms with E-state index in [4.69, 9.17) is 4.74 Å². The molecule has 0 aliphatic heterocycles. The Morgan fingerprint density at radius 2 is 1.67 bits per heavy atom. The number of rotatable bonds is 5. The Labute approximate surface area is 157 Å². The second-order valence-electron chi connectivity index (χ2n) is 5.88. The third-order valence-electron chi connectivity index (χ3n) is 4.13. The van der Waals surface area contributed by atoms with Crippen molar-refractivity contribution < 1.29 is 13.5 Å². The van der Waals surface area contributed by atoms with Crippen molar-refractivity contribution in [2.75, 3.05) is 6.61 Å². The lowest BCUT2D eigenvalue weighted by Gasteiger charge is -2.08. The third kappa shape index (κ3) is 3.59. The SMILES string of the molecule is O=c1c2c(-c3ccc(F)cc3)csc2ncn1CCOc1ccc(F)cc1. The van der Waals surface area contributed by atoms with E-state index in [2.05, 4.69) is 4.98 Å². The predicted molar refractivity (Wildman–Crippen MR) is 101 cm³/mol. The first-order valence-electron chi connectivity index (χ1n) is 8.23. The molecule has 0 aliphatic rings. The minimum Gasteiger partial charge on any atom is -0.492 e. The summed E-state index contributed by atoms with van der Waals surface area (Å²) in [7, 11) is 0. The van der Waals surface area contributed by atoms with E-state index in [9.17, 15) is 13.6 Å². The van der Waals surface area contributed by atoms with Crippen molar-refractivity contribution >= 4 is 21.6 Å². The first kappa shape index (κ1) is 17.4. The molecule has 7 heteroatoms. The average Bonchev–Trinajstić information content (AvgIpc) is 3.11. The van der Waals surface area contributed by atoms with Gasteiger partial charge in [0.25, 0.3) is 5.56 Å². The Hall–Kier alpha value is -3.06. The number of benzene rings is 2. The molecule has 4 rings (SSSR count). The topological polar surface area (TPSA) is 44.1 Å². The van der Waals surface area contributed by atoms with E-state index < -0.39 is 0 Å². The number of aromatic nitrogens is 2. The maximum atomic E-state index is 13.2. The van der Waals surface area contributed by atoms with Gasteiger partial charge in [-0.15, -0.1) is 11.3 Å². The smallest absolute Gasteiger partial charge is 0.262 e. The third-order valence-corrected chi connectivity index (χ3v) is 5.02. The molecule has 0 unspecified atom stereocenters. The van der Waals surface area contributed by atoms with Crippen LogP contribution >= 0.6 is 11.3 Å². The van der Waals surface area contributed by atoms with Gasteiger partial charge in [0.2, 0.25) is 0 Å². The van der Waals surface area contributed by atoms with Gasteiger partial charge in [-0.05, 0) is 42.0 Å². The Morgan fingerprint density at radius 3 is 2.37 bits per heavy atom. The zero-order valence-corrected chi connectivity index (χ0v) is 14.9. The Morgan fingerprint density at radius 1 is 1.00 bits per heavy atom. The normalized spacial score (nSPS) is 11.0. The quantitative estimate of drug-likeness (QED) is 0.510. The zero-order chi connectivity index (χ0) is 18.8. The molecular weight excluding hydrogens is 370 g/mol. The fourth-order valence-electron chi connectivity index (χ4n) is 2.76. The van der Waals surface area contributed by atoms with Gasteiger partial charge in [-0.25, -0.2) is 13.8 Å². The van der Waals surface area contributed by atoms with Gasteiger partial charge < -0.3 is 4.74 Å². The molecule has 0 atom stereocenters. The highest BCUT2D eigenvalue weighted by Crippen LogP contribution is 2.30. The summed E-state index contributed by atoms with van der Waals surface area (Å²) in [6.07, 6.45) is 1.49. The molecule has 0 N–H and O–H groups in total. The molecule has 4 nitrogen and oxygen atoms in total. The molecule has 0 fully saturated rings. The summed E-state index contributed by atoms with van der Waals surface area (Å²) < 4.78 is 33.1. The number of ether oxygens (including phenoxy) is 1. The van der Waals surface area contributed by atoms with Gasteiger partial charge in [-0.3, -0.25) is 9.36 Å². The van der Waals surface area contributed by atoms with Gasteiger partial charge in [0.1, 0.15) is 28.8 Å². The lowest BCUT2D eigenvalue weighted by Crippen LogP contribution is -2.23. The van der Waals surface area contributed by atoms with Crippen molar-refractivity contribution in [3.05, 3.63) is 82.2 Å². The molecule has 136 valence electrons. The number of thiophene rings is 1. The minimum absolute atomic E-state index is 0.178. The molecule has 27 heavy (non-hydrogen) atoms. The molecule has 0 radical (unpaired) electrons. The van der Waals surface area contributed by atoms with Crippen LogP contribution in [0.3, 0.4) is 0 Å². The van der Waals surface area contributed by atoms with Gasteiger partial charge in [0, 0.05) is 10.9 Å². The van der Waals surface area contributed by atoms with Crippen LogP contribution < -0.4 is 10.3 Å². The van der Waals surface area contributed by atoms with Crippen LogP contribution in [0.25, 0.3) is 21.3 Å². The maximum Gasteiger partial charge on any atom is 0.262 e. The molecule has 0 aliphatic carbocycles. The standard InChI is InChI=1S/C20H14F2N2O2S/c21-14-3-1-13(2-4-14)17-11-27-19-18(17)20(25)24(12-23-19)9-10-26-16-7-5-15(22)6-8-16/h1-8,11-12H,9-10H2. The van der Waals surface area contributed by atoms with Crippen LogP contribution in [-0.4, -0.2) is 16.2 Å². The van der Waals surface area contributed by atoms with E-state index in [1.807, 2.05) is 5.38 Å². The zero-order valence-electron chi connectivity index (χ0n) is 14.1. The lowest BCUT2D eigenvalue weighted by atomic mass is 10.1. The first-order chi connectivity index (χ1) is 13.1. The maximum absolute atomic E-state index is 13.2. The van der Waals surface area contributed by atoms with Gasteiger partial charge in [-0.2, -0.15) is 0 Å². The van der Waals surface area contributed by atoms with Crippen LogP contribution in [0, 0.1) is 11.6 Å². The van der Waals surface area contributed by atoms with Crippen LogP contribution in [0.15, 0.2) is 65.0 Å². The van der Waals surface area contributed by atoms with Gasteiger partial charge in [0.05, 0.1) is 18.3 Å². The lowest BCUT2D eigenvalue weighted by molar-refractivity contribution is 0.295. The molecule has 2 aromatic heterocycles. The molecule has 0 saturated carbocycles. The summed E-state index contributed by atoms with van der Waals surface area (Å²) in [5, 5.41) is 2.36. The molecular formula is C20H14F2N2O2S. The molecule has 4 aromatic rings. The first-order valence-corrected chi connectivity index (χ1v) is 9.11. The fourth-order valence-corrected chi connectivity index (χ4v) is 3.67. The van der Waals surface area contributed by atoms with Crippen LogP contribution in [0.5, 0.6) is 5.75 Å². The number of halogens is 2. The van der Waals surface area contributed by atoms with Crippen molar-refractivity contribution in [1.82, 2.24) is 9.55 Å². The highest BCUT2D eigenvalue weighted by atomic mass is 32.1. The Kier molecular flexibility index (Phi) is 4.68. The summed E-state index contributed by atoms with van der Waals surface area (Å²) >= 11 is 1.37. The number of hydrogen-bond donors (Lipinski definition) is 0. The van der Waals surface area contributed by atoms with Crippen molar-refractivity contribution in [3.8, 4) is 16.9 Å². The van der Waals surface area contributed by atoms with Crippen molar-refractivity contribution in [3.63, 3.8) is 0 Å². The van der Waals surface area contributed by atoms with Gasteiger partial charge >= 0.3 is 0 Å². The van der Waals surface area contributed by atoms with E-state index in [1.165, 1.54) is 58.6 Å². The van der Waals surface area contributed by atoms with Crippen molar-refractivity contribution in [1.29, 1.82) is 0 Å². The van der Waals surface area contributed by atoms with Crippen molar-refractivity contribution in [2.24, 2.45) is 0 Å². The molecule has 0 amide bonds. The highest BCUT2D eigenvalue weighted by Gasteiger charge is 2.13. The van der Waals surface area contributed by atoms with Crippen LogP contribution in [-0.2, 0) is 6.54 Å². The molecule has 0 spiro atoms. The summed E-state index contributed by atoms with van der Waals surface area (Å²) in [6.45, 7) is 0.548. The number of hydrogen-bond acceptors (Lipinski definition) is 4. The summed E-state index contributed by atoms with van der Waals surface area (Å²) in [4.78, 5) is 17.9. The van der Waals surface area contributed by atoms with E-state index in [0.717, 1.165) is 11.1 Å².